The first-order valence-corrected chi connectivity index (χ1v) is 20.0. The van der Waals surface area contributed by atoms with Crippen LogP contribution in [0.4, 0.5) is 0 Å². The monoisotopic (exact) mass is 768 g/mol. The Morgan fingerprint density at radius 2 is 1.75 bits per heavy atom. The van der Waals surface area contributed by atoms with E-state index in [9.17, 15) is 24.6 Å². The molecular formula is C45H60N4O7. The van der Waals surface area contributed by atoms with Crippen molar-refractivity contribution in [3.8, 4) is 16.9 Å². The highest BCUT2D eigenvalue weighted by molar-refractivity contribution is 6.02. The average molecular weight is 769 g/mol. The number of amides is 2. The molecule has 4 N–H and O–H groups in total. The molecule has 1 saturated heterocycles. The number of ketones is 1. The van der Waals surface area contributed by atoms with Crippen molar-refractivity contribution in [3.63, 3.8) is 0 Å². The second-order valence-electron chi connectivity index (χ2n) is 17.2. The number of hydroxylamine groups is 2. The highest BCUT2D eigenvalue weighted by atomic mass is 16.7. The lowest BCUT2D eigenvalue weighted by molar-refractivity contribution is -0.183. The van der Waals surface area contributed by atoms with E-state index in [0.717, 1.165) is 12.0 Å². The van der Waals surface area contributed by atoms with Gasteiger partial charge in [0.25, 0.3) is 5.91 Å². The van der Waals surface area contributed by atoms with E-state index in [1.807, 2.05) is 67.5 Å². The van der Waals surface area contributed by atoms with Crippen molar-refractivity contribution < 1.29 is 34.2 Å². The number of benzene rings is 3. The molecule has 2 amide bonds. The number of carbonyl (C=O) groups is 3. The Labute approximate surface area is 331 Å². The third-order valence-electron chi connectivity index (χ3n) is 12.8. The molecule has 1 heterocycles. The predicted molar refractivity (Wildman–Crippen MR) is 216 cm³/mol. The highest BCUT2D eigenvalue weighted by Gasteiger charge is 2.57. The van der Waals surface area contributed by atoms with E-state index < -0.39 is 24.2 Å². The van der Waals surface area contributed by atoms with Crippen molar-refractivity contribution in [2.24, 2.45) is 29.1 Å². The topological polar surface area (TPSA) is 141 Å². The maximum Gasteiger partial charge on any atom is 0.251 e. The Kier molecular flexibility index (Phi) is 12.7. The van der Waals surface area contributed by atoms with Gasteiger partial charge in [0.1, 0.15) is 17.9 Å². The van der Waals surface area contributed by atoms with Crippen LogP contribution in [0.2, 0.25) is 0 Å². The van der Waals surface area contributed by atoms with Gasteiger partial charge in [-0.2, -0.15) is 5.06 Å². The molecule has 4 fully saturated rings. The van der Waals surface area contributed by atoms with Gasteiger partial charge in [0.15, 0.2) is 5.78 Å². The number of aliphatic hydroxyl groups is 2. The van der Waals surface area contributed by atoms with Crippen LogP contribution in [0.5, 0.6) is 5.75 Å². The SMILES string of the molecule is COc1c(CN2O[C@@H](CO)[C@@H]([C@H](C)O)[C@H]2C(=O)N[C@H]2C[C@H]3C[C@H]([C@@H]2C)C3(C)C)cccc1-c1cc(C(C)=O)cc(C(=O)N[C@@H](Cc2ccccc2)CN(C)C)c1. The molecule has 302 valence electrons. The lowest BCUT2D eigenvalue weighted by atomic mass is 9.45. The number of methoxy groups -OCH3 is 1. The number of likely N-dealkylation sites (N-methyl/N-ethyl adjacent to an activating group) is 1. The number of hydrogen-bond donors (Lipinski definition) is 4. The molecule has 1 aliphatic heterocycles. The van der Waals surface area contributed by atoms with Gasteiger partial charge in [-0.05, 0) is 99.7 Å². The van der Waals surface area contributed by atoms with Crippen molar-refractivity contribution in [1.82, 2.24) is 20.6 Å². The molecule has 4 aliphatic rings. The van der Waals surface area contributed by atoms with Crippen molar-refractivity contribution in [2.45, 2.75) is 90.8 Å². The summed E-state index contributed by atoms with van der Waals surface area (Å²) < 4.78 is 6.04. The number of nitrogens with zero attached hydrogens (tertiary/aromatic N) is 2. The van der Waals surface area contributed by atoms with Crippen molar-refractivity contribution >= 4 is 17.6 Å². The van der Waals surface area contributed by atoms with E-state index >= 15 is 0 Å². The molecule has 0 unspecified atom stereocenters. The van der Waals surface area contributed by atoms with Gasteiger partial charge in [-0.15, -0.1) is 0 Å². The maximum atomic E-state index is 14.3. The summed E-state index contributed by atoms with van der Waals surface area (Å²) >= 11 is 0. The Morgan fingerprint density at radius 1 is 1.04 bits per heavy atom. The van der Waals surface area contributed by atoms with Crippen LogP contribution in [0.1, 0.15) is 79.3 Å². The third kappa shape index (κ3) is 8.57. The number of nitrogens with one attached hydrogen (secondary N) is 2. The largest absolute Gasteiger partial charge is 0.496 e. The van der Waals surface area contributed by atoms with Gasteiger partial charge in [-0.1, -0.05) is 69.3 Å². The lowest BCUT2D eigenvalue weighted by Crippen LogP contribution is -2.62. The summed E-state index contributed by atoms with van der Waals surface area (Å²) in [5.41, 5.74) is 4.06. The van der Waals surface area contributed by atoms with Gasteiger partial charge in [0.05, 0.1) is 26.4 Å². The number of aliphatic hydroxyl groups excluding tert-OH is 2. The van der Waals surface area contributed by atoms with Crippen LogP contribution in [-0.2, 0) is 22.6 Å². The minimum absolute atomic E-state index is 0.0123. The number of hydrogen-bond acceptors (Lipinski definition) is 9. The summed E-state index contributed by atoms with van der Waals surface area (Å²) in [6.45, 7) is 10.3. The van der Waals surface area contributed by atoms with E-state index in [1.165, 1.54) is 13.3 Å². The number of para-hydroxylation sites is 1. The second-order valence-corrected chi connectivity index (χ2v) is 17.2. The molecule has 0 radical (unpaired) electrons. The first kappa shape index (κ1) is 41.5. The molecule has 3 saturated carbocycles. The van der Waals surface area contributed by atoms with E-state index in [2.05, 4.69) is 31.4 Å². The average Bonchev–Trinajstić information content (AvgIpc) is 3.53. The molecule has 3 aromatic carbocycles. The fraction of sp³-hybridized carbons (Fsp3) is 0.533. The summed E-state index contributed by atoms with van der Waals surface area (Å²) in [6, 6.07) is 19.7. The number of ether oxygens (including phenoxy) is 1. The quantitative estimate of drug-likeness (QED) is 0.155. The molecule has 7 rings (SSSR count). The van der Waals surface area contributed by atoms with Crippen LogP contribution >= 0.6 is 0 Å². The van der Waals surface area contributed by atoms with Crippen LogP contribution < -0.4 is 15.4 Å². The van der Waals surface area contributed by atoms with Gasteiger partial charge < -0.3 is 30.5 Å². The zero-order valence-electron chi connectivity index (χ0n) is 34.1. The van der Waals surface area contributed by atoms with Crippen molar-refractivity contribution in [3.05, 3.63) is 89.0 Å². The van der Waals surface area contributed by atoms with Gasteiger partial charge >= 0.3 is 0 Å². The van der Waals surface area contributed by atoms with Crippen LogP contribution in [0, 0.1) is 29.1 Å². The third-order valence-corrected chi connectivity index (χ3v) is 12.8. The maximum absolute atomic E-state index is 14.3. The van der Waals surface area contributed by atoms with Crippen LogP contribution in [0.25, 0.3) is 11.1 Å². The van der Waals surface area contributed by atoms with Crippen molar-refractivity contribution in [1.29, 1.82) is 0 Å². The highest BCUT2D eigenvalue weighted by Crippen LogP contribution is 2.61. The molecule has 0 spiro atoms. The fourth-order valence-electron chi connectivity index (χ4n) is 9.72. The first-order chi connectivity index (χ1) is 26.6. The smallest absolute Gasteiger partial charge is 0.251 e. The number of carbonyl (C=O) groups excluding carboxylic acids is 3. The van der Waals surface area contributed by atoms with Gasteiger partial charge in [0.2, 0.25) is 5.91 Å². The normalized spacial score (nSPS) is 26.6. The lowest BCUT2D eigenvalue weighted by Gasteiger charge is -2.62. The van der Waals surface area contributed by atoms with Gasteiger partial charge in [0, 0.05) is 46.8 Å². The number of Topliss-reactive ketones (excluding diaryl/α,β-unsaturated/α-hetero) is 1. The molecule has 11 nitrogen and oxygen atoms in total. The Balaban J connectivity index is 1.28. The zero-order chi connectivity index (χ0) is 40.5. The van der Waals surface area contributed by atoms with Crippen molar-refractivity contribution in [2.75, 3.05) is 34.4 Å². The van der Waals surface area contributed by atoms with E-state index in [4.69, 9.17) is 9.57 Å². The minimum Gasteiger partial charge on any atom is -0.496 e. The van der Waals surface area contributed by atoms with Gasteiger partial charge in [-0.3, -0.25) is 19.2 Å². The fourth-order valence-corrected chi connectivity index (χ4v) is 9.72. The second kappa shape index (κ2) is 17.2. The molecule has 9 atom stereocenters. The number of fused-ring (bicyclic) bond motifs is 2. The van der Waals surface area contributed by atoms with Crippen LogP contribution in [0.3, 0.4) is 0 Å². The molecule has 3 aliphatic carbocycles. The molecule has 0 aromatic heterocycles. The Hall–Kier alpha value is -4.13. The predicted octanol–water partition coefficient (Wildman–Crippen LogP) is 5.13. The molecule has 11 heteroatoms. The molecule has 56 heavy (non-hydrogen) atoms. The Morgan fingerprint density at radius 3 is 2.36 bits per heavy atom. The van der Waals surface area contributed by atoms with Crippen LogP contribution in [0.15, 0.2) is 66.7 Å². The Bertz CT molecular complexity index is 1880. The first-order valence-electron chi connectivity index (χ1n) is 20.0. The van der Waals surface area contributed by atoms with E-state index in [0.29, 0.717) is 64.3 Å². The summed E-state index contributed by atoms with van der Waals surface area (Å²) in [6.07, 6.45) is 1.02. The zero-order valence-corrected chi connectivity index (χ0v) is 34.1. The summed E-state index contributed by atoms with van der Waals surface area (Å²) in [5.74, 6) is 0.501. The van der Waals surface area contributed by atoms with Crippen LogP contribution in [-0.4, -0.2) is 102 Å². The molecule has 2 bridgehead atoms. The summed E-state index contributed by atoms with van der Waals surface area (Å²) in [5, 5.41) is 29.4. The van der Waals surface area contributed by atoms with E-state index in [-0.39, 0.29) is 48.2 Å². The standard InChI is InChI=1S/C45H60N4O7/c1-26-37-21-34(45(37,4)5)22-38(26)47-44(54)41-40(28(3)52)39(25-50)56-49(41)23-30-15-12-16-36(42(30)55-8)32-18-31(27(2)51)19-33(20-32)43(53)46-35(24-48(6)7)17-29-13-10-9-11-14-29/h9-16,18-20,26,28,34-35,37-41,50,52H,17,21-25H2,1-8H3,(H,46,53)(H,47,54)/t26-,28-,34+,35-,37+,38-,39-,40+,41-/m0/s1. The molecule has 3 aromatic rings. The summed E-state index contributed by atoms with van der Waals surface area (Å²) in [4.78, 5) is 49.3. The van der Waals surface area contributed by atoms with E-state index in [1.54, 1.807) is 37.3 Å². The number of rotatable bonds is 15. The summed E-state index contributed by atoms with van der Waals surface area (Å²) in [7, 11) is 5.49. The minimum atomic E-state index is -0.929. The van der Waals surface area contributed by atoms with Gasteiger partial charge in [-0.25, -0.2) is 0 Å². The molecular weight excluding hydrogens is 709 g/mol.